The Morgan fingerprint density at radius 3 is 2.34 bits per heavy atom. The van der Waals surface area contributed by atoms with Gasteiger partial charge in [-0.25, -0.2) is 0 Å². The number of aliphatic imine (C=N–C) groups is 1. The van der Waals surface area contributed by atoms with Crippen molar-refractivity contribution in [1.29, 1.82) is 0 Å². The van der Waals surface area contributed by atoms with Crippen LogP contribution in [0.15, 0.2) is 34.8 Å². The smallest absolute Gasteiger partial charge is 0.0536 e. The van der Waals surface area contributed by atoms with Gasteiger partial charge in [0.05, 0.1) is 6.04 Å². The molecule has 0 amide bonds. The van der Waals surface area contributed by atoms with Crippen molar-refractivity contribution in [3.05, 3.63) is 46.0 Å². The Kier molecular flexibility index (Phi) is 13.0. The number of benzene rings is 1. The fourth-order valence-corrected chi connectivity index (χ4v) is 5.56. The standard InChI is InChI=1S/C25H38ClN3.C3H7N.CH3Br/c1-18-5-6-19-16-20(26)7-8-22(19)23(15-18)28-12-9-21(10-13-28)29-14-11-27-24(17-29)25(2,3)4;1-3-4-2;1-2/h7-8,15-16,21,23-24,27H,5-6,9-14,17H2,1-4H3;3H,1-2H3;1H3. The summed E-state index contributed by atoms with van der Waals surface area (Å²) in [5, 5.41) is 4.61. The summed E-state index contributed by atoms with van der Waals surface area (Å²) in [6, 6.07) is 8.28. The van der Waals surface area contributed by atoms with Crippen molar-refractivity contribution in [3.8, 4) is 0 Å². The van der Waals surface area contributed by atoms with Crippen LogP contribution < -0.4 is 5.32 Å². The third-order valence-corrected chi connectivity index (χ3v) is 7.81. The van der Waals surface area contributed by atoms with Crippen LogP contribution in [-0.2, 0) is 6.42 Å². The lowest BCUT2D eigenvalue weighted by molar-refractivity contribution is 0.0536. The van der Waals surface area contributed by atoms with Crippen molar-refractivity contribution in [3.63, 3.8) is 0 Å². The predicted octanol–water partition coefficient (Wildman–Crippen LogP) is 6.78. The van der Waals surface area contributed by atoms with Crippen LogP contribution >= 0.6 is 27.5 Å². The maximum atomic E-state index is 6.31. The summed E-state index contributed by atoms with van der Waals surface area (Å²) in [4.78, 5) is 9.09. The topological polar surface area (TPSA) is 30.9 Å². The molecule has 2 saturated heterocycles. The van der Waals surface area contributed by atoms with Crippen molar-refractivity contribution in [2.45, 2.75) is 78.4 Å². The second kappa shape index (κ2) is 14.9. The average Bonchev–Trinajstić information content (AvgIpc) is 3.03. The zero-order chi connectivity index (χ0) is 26.0. The fraction of sp³-hybridized carbons (Fsp3) is 0.690. The molecule has 1 aliphatic carbocycles. The van der Waals surface area contributed by atoms with E-state index in [1.807, 2.05) is 12.8 Å². The first kappa shape index (κ1) is 30.5. The first-order valence-electron chi connectivity index (χ1n) is 13.1. The number of halogens is 2. The molecule has 2 unspecified atom stereocenters. The minimum absolute atomic E-state index is 0.326. The van der Waals surface area contributed by atoms with Gasteiger partial charge in [-0.05, 0) is 80.3 Å². The van der Waals surface area contributed by atoms with Gasteiger partial charge in [0.1, 0.15) is 0 Å². The third kappa shape index (κ3) is 8.96. The van der Waals surface area contributed by atoms with Gasteiger partial charge in [0.2, 0.25) is 0 Å². The van der Waals surface area contributed by atoms with E-state index in [4.69, 9.17) is 11.6 Å². The first-order valence-corrected chi connectivity index (χ1v) is 15.1. The largest absolute Gasteiger partial charge is 0.311 e. The van der Waals surface area contributed by atoms with E-state index in [9.17, 15) is 0 Å². The molecule has 0 aromatic heterocycles. The normalized spacial score (nSPS) is 24.4. The van der Waals surface area contributed by atoms with E-state index in [0.717, 1.165) is 30.5 Å². The number of nitrogens with zero attached hydrogens (tertiary/aromatic N) is 3. The van der Waals surface area contributed by atoms with Crippen LogP contribution in [0.1, 0.15) is 71.0 Å². The number of likely N-dealkylation sites (tertiary alicyclic amines) is 1. The zero-order valence-electron chi connectivity index (χ0n) is 23.1. The van der Waals surface area contributed by atoms with E-state index >= 15 is 0 Å². The van der Waals surface area contributed by atoms with E-state index in [2.05, 4.69) is 88.0 Å². The summed E-state index contributed by atoms with van der Waals surface area (Å²) in [6.07, 6.45) is 9.09. The Labute approximate surface area is 228 Å². The molecule has 4 rings (SSSR count). The van der Waals surface area contributed by atoms with Crippen molar-refractivity contribution in [2.24, 2.45) is 10.4 Å². The number of alkyl halides is 1. The number of nitrogens with one attached hydrogen (secondary N) is 1. The minimum Gasteiger partial charge on any atom is -0.311 e. The molecule has 198 valence electrons. The minimum atomic E-state index is 0.326. The molecule has 0 bridgehead atoms. The molecular formula is C29H48BrClN4. The molecule has 1 N–H and O–H groups in total. The van der Waals surface area contributed by atoms with E-state index in [-0.39, 0.29) is 0 Å². The summed E-state index contributed by atoms with van der Waals surface area (Å²) < 4.78 is 0. The lowest BCUT2D eigenvalue weighted by Crippen LogP contribution is -2.59. The highest BCUT2D eigenvalue weighted by atomic mass is 79.9. The zero-order valence-corrected chi connectivity index (χ0v) is 25.4. The molecule has 0 spiro atoms. The van der Waals surface area contributed by atoms with Gasteiger partial charge < -0.3 is 10.3 Å². The number of rotatable bonds is 2. The average molecular weight is 568 g/mol. The highest BCUT2D eigenvalue weighted by molar-refractivity contribution is 9.08. The van der Waals surface area contributed by atoms with Crippen molar-refractivity contribution >= 4 is 33.7 Å². The predicted molar refractivity (Wildman–Crippen MR) is 159 cm³/mol. The van der Waals surface area contributed by atoms with Gasteiger partial charge in [0.15, 0.2) is 0 Å². The maximum Gasteiger partial charge on any atom is 0.0536 e. The van der Waals surface area contributed by atoms with Crippen LogP contribution in [-0.4, -0.2) is 73.7 Å². The molecule has 2 aliphatic heterocycles. The summed E-state index contributed by atoms with van der Waals surface area (Å²) >= 11 is 9.24. The number of hydrogen-bond acceptors (Lipinski definition) is 4. The quantitative estimate of drug-likeness (QED) is 0.243. The molecular weight excluding hydrogens is 520 g/mol. The van der Waals surface area contributed by atoms with Gasteiger partial charge in [-0.15, -0.1) is 0 Å². The highest BCUT2D eigenvalue weighted by Crippen LogP contribution is 2.35. The van der Waals surface area contributed by atoms with E-state index in [0.29, 0.717) is 17.5 Å². The molecule has 2 fully saturated rings. The molecule has 1 aromatic carbocycles. The van der Waals surface area contributed by atoms with E-state index in [1.54, 1.807) is 13.3 Å². The number of piperazine rings is 1. The number of hydrogen-bond donors (Lipinski definition) is 1. The molecule has 2 heterocycles. The maximum absolute atomic E-state index is 6.31. The summed E-state index contributed by atoms with van der Waals surface area (Å²) in [7, 11) is 1.75. The summed E-state index contributed by atoms with van der Waals surface area (Å²) in [5.41, 5.74) is 4.75. The Balaban J connectivity index is 0.000000655. The van der Waals surface area contributed by atoms with Gasteiger partial charge in [0.25, 0.3) is 0 Å². The molecule has 3 aliphatic rings. The van der Waals surface area contributed by atoms with Crippen LogP contribution in [0.25, 0.3) is 0 Å². The second-order valence-corrected chi connectivity index (χ2v) is 11.4. The Morgan fingerprint density at radius 1 is 1.09 bits per heavy atom. The van der Waals surface area contributed by atoms with Gasteiger partial charge >= 0.3 is 0 Å². The van der Waals surface area contributed by atoms with Crippen molar-refractivity contribution in [1.82, 2.24) is 15.1 Å². The van der Waals surface area contributed by atoms with Crippen LogP contribution in [0.2, 0.25) is 5.02 Å². The molecule has 0 saturated carbocycles. The van der Waals surface area contributed by atoms with Crippen LogP contribution in [0, 0.1) is 5.41 Å². The second-order valence-electron chi connectivity index (χ2n) is 11.0. The van der Waals surface area contributed by atoms with Crippen LogP contribution in [0.5, 0.6) is 0 Å². The highest BCUT2D eigenvalue weighted by Gasteiger charge is 2.35. The molecule has 4 nitrogen and oxygen atoms in total. The summed E-state index contributed by atoms with van der Waals surface area (Å²) in [5.74, 6) is 1.81. The van der Waals surface area contributed by atoms with Gasteiger partial charge in [0, 0.05) is 56.9 Å². The third-order valence-electron chi connectivity index (χ3n) is 7.57. The van der Waals surface area contributed by atoms with Crippen molar-refractivity contribution < 1.29 is 0 Å². The first-order chi connectivity index (χ1) is 16.7. The molecule has 6 heteroatoms. The van der Waals surface area contributed by atoms with Crippen molar-refractivity contribution in [2.75, 3.05) is 45.6 Å². The molecule has 2 atom stereocenters. The van der Waals surface area contributed by atoms with Crippen LogP contribution in [0.4, 0.5) is 0 Å². The Hall–Kier alpha value is -0.720. The Morgan fingerprint density at radius 2 is 1.74 bits per heavy atom. The Bertz CT molecular complexity index is 820. The molecule has 0 radical (unpaired) electrons. The van der Waals surface area contributed by atoms with E-state index < -0.39 is 0 Å². The van der Waals surface area contributed by atoms with E-state index in [1.165, 1.54) is 55.7 Å². The van der Waals surface area contributed by atoms with Gasteiger partial charge in [-0.2, -0.15) is 0 Å². The lowest BCUT2D eigenvalue weighted by atomic mass is 9.84. The number of piperidine rings is 1. The van der Waals surface area contributed by atoms with Crippen LogP contribution in [0.3, 0.4) is 0 Å². The fourth-order valence-electron chi connectivity index (χ4n) is 5.37. The SMILES string of the molecule is CBr.CC1=CC(N2CCC(N3CCNC(C(C)(C)C)C3)CC2)c2ccc(Cl)cc2CC1.CC=NC. The number of aryl methyl sites for hydroxylation is 1. The molecule has 1 aromatic rings. The lowest BCUT2D eigenvalue weighted by Gasteiger charge is -2.46. The van der Waals surface area contributed by atoms with Gasteiger partial charge in [-0.3, -0.25) is 9.80 Å². The summed E-state index contributed by atoms with van der Waals surface area (Å²) in [6.45, 7) is 17.2. The monoisotopic (exact) mass is 566 g/mol. The number of allylic oxidation sites excluding steroid dienone is 1. The number of fused-ring (bicyclic) bond motifs is 1. The molecule has 35 heavy (non-hydrogen) atoms. The van der Waals surface area contributed by atoms with Gasteiger partial charge in [-0.1, -0.05) is 66.0 Å².